The number of halogens is 2. The van der Waals surface area contributed by atoms with Gasteiger partial charge in [-0.05, 0) is 48.7 Å². The van der Waals surface area contributed by atoms with Crippen LogP contribution in [0.25, 0.3) is 0 Å². The Morgan fingerprint density at radius 3 is 2.47 bits per heavy atom. The zero-order valence-electron chi connectivity index (χ0n) is 19.9. The van der Waals surface area contributed by atoms with Crippen LogP contribution in [0.3, 0.4) is 0 Å². The summed E-state index contributed by atoms with van der Waals surface area (Å²) < 4.78 is 14.4. The normalized spacial score (nSPS) is 18.1. The van der Waals surface area contributed by atoms with Gasteiger partial charge in [0.1, 0.15) is 17.9 Å². The Balaban J connectivity index is 1.56. The van der Waals surface area contributed by atoms with Gasteiger partial charge in [0.25, 0.3) is 5.91 Å². The van der Waals surface area contributed by atoms with Gasteiger partial charge >= 0.3 is 0 Å². The number of rotatable bonds is 6. The highest BCUT2D eigenvalue weighted by Gasteiger charge is 2.39. The Kier molecular flexibility index (Phi) is 7.23. The van der Waals surface area contributed by atoms with Crippen LogP contribution in [0.5, 0.6) is 0 Å². The Morgan fingerprint density at radius 1 is 0.972 bits per heavy atom. The first kappa shape index (κ1) is 24.3. The Morgan fingerprint density at radius 2 is 1.72 bits per heavy atom. The summed E-state index contributed by atoms with van der Waals surface area (Å²) >= 11 is 6.60. The van der Waals surface area contributed by atoms with Crippen molar-refractivity contribution in [3.8, 4) is 0 Å². The third kappa shape index (κ3) is 5.09. The van der Waals surface area contributed by atoms with Crippen LogP contribution < -0.4 is 15.5 Å². The maximum Gasteiger partial charge on any atom is 0.250 e. The van der Waals surface area contributed by atoms with Crippen molar-refractivity contribution in [1.82, 2.24) is 5.32 Å². The summed E-state index contributed by atoms with van der Waals surface area (Å²) in [6.45, 7) is 0. The number of carbonyl (C=O) groups is 2. The summed E-state index contributed by atoms with van der Waals surface area (Å²) in [5, 5.41) is 6.83. The average Bonchev–Trinajstić information content (AvgIpc) is 3.32. The lowest BCUT2D eigenvalue weighted by Crippen LogP contribution is -2.51. The van der Waals surface area contributed by atoms with E-state index in [1.54, 1.807) is 36.4 Å². The summed E-state index contributed by atoms with van der Waals surface area (Å²) in [6.07, 6.45) is 5.53. The third-order valence-corrected chi connectivity index (χ3v) is 7.40. The quantitative estimate of drug-likeness (QED) is 0.429. The standard InChI is InChI=1S/C29H29ClFN3O2/c30-24-15-6-5-14-23(24)27(28(35)32-21-11-2-1-3-12-21)34(22-13-8-10-20(31)18-22)29(36)26-17-19-9-4-7-16-25(19)33-26/h4-10,13-16,18,21,26-27,33H,1-3,11-12,17H2,(H,32,35)/t26-,27-/m0/s1. The molecule has 2 atom stereocenters. The van der Waals surface area contributed by atoms with Gasteiger partial charge in [-0.25, -0.2) is 4.39 Å². The van der Waals surface area contributed by atoms with Gasteiger partial charge in [0, 0.05) is 34.4 Å². The highest BCUT2D eigenvalue weighted by Crippen LogP contribution is 2.35. The number of nitrogens with one attached hydrogen (secondary N) is 2. The first-order chi connectivity index (χ1) is 17.5. The number of hydrogen-bond donors (Lipinski definition) is 2. The molecule has 3 aromatic rings. The Labute approximate surface area is 215 Å². The number of carbonyl (C=O) groups excluding carboxylic acids is 2. The highest BCUT2D eigenvalue weighted by molar-refractivity contribution is 6.31. The van der Waals surface area contributed by atoms with Gasteiger partial charge in [-0.15, -0.1) is 0 Å². The molecule has 36 heavy (non-hydrogen) atoms. The summed E-state index contributed by atoms with van der Waals surface area (Å²) in [6, 6.07) is 19.0. The molecule has 2 amide bonds. The van der Waals surface area contributed by atoms with Crippen molar-refractivity contribution in [2.24, 2.45) is 0 Å². The molecule has 1 fully saturated rings. The summed E-state index contributed by atoms with van der Waals surface area (Å²) in [5.41, 5.74) is 2.72. The monoisotopic (exact) mass is 505 g/mol. The van der Waals surface area contributed by atoms with E-state index in [1.807, 2.05) is 24.3 Å². The van der Waals surface area contributed by atoms with Crippen LogP contribution in [-0.4, -0.2) is 23.9 Å². The van der Waals surface area contributed by atoms with E-state index in [0.29, 0.717) is 22.7 Å². The van der Waals surface area contributed by atoms with E-state index in [2.05, 4.69) is 10.6 Å². The molecule has 186 valence electrons. The molecule has 5 rings (SSSR count). The molecule has 7 heteroatoms. The molecule has 0 saturated heterocycles. The summed E-state index contributed by atoms with van der Waals surface area (Å²) in [4.78, 5) is 29.5. The molecule has 1 heterocycles. The van der Waals surface area contributed by atoms with E-state index in [-0.39, 0.29) is 17.9 Å². The molecule has 0 unspecified atom stereocenters. The minimum atomic E-state index is -1.06. The van der Waals surface area contributed by atoms with Gasteiger partial charge < -0.3 is 10.6 Å². The van der Waals surface area contributed by atoms with Crippen LogP contribution >= 0.6 is 11.6 Å². The van der Waals surface area contributed by atoms with E-state index in [9.17, 15) is 14.0 Å². The van der Waals surface area contributed by atoms with Gasteiger partial charge in [-0.1, -0.05) is 73.3 Å². The second-order valence-electron chi connectivity index (χ2n) is 9.51. The summed E-state index contributed by atoms with van der Waals surface area (Å²) in [5.74, 6) is -1.12. The lowest BCUT2D eigenvalue weighted by atomic mass is 9.94. The zero-order chi connectivity index (χ0) is 25.1. The van der Waals surface area contributed by atoms with E-state index >= 15 is 0 Å². The summed E-state index contributed by atoms with van der Waals surface area (Å²) in [7, 11) is 0. The van der Waals surface area contributed by atoms with Crippen LogP contribution in [0.1, 0.15) is 49.3 Å². The number of hydrogen-bond acceptors (Lipinski definition) is 3. The number of nitrogens with zero attached hydrogens (tertiary/aromatic N) is 1. The first-order valence-corrected chi connectivity index (χ1v) is 12.9. The number of fused-ring (bicyclic) bond motifs is 1. The molecule has 5 nitrogen and oxygen atoms in total. The van der Waals surface area contributed by atoms with E-state index in [1.165, 1.54) is 17.0 Å². The topological polar surface area (TPSA) is 61.4 Å². The Bertz CT molecular complexity index is 1240. The molecule has 0 radical (unpaired) electrons. The number of para-hydroxylation sites is 1. The molecule has 1 saturated carbocycles. The van der Waals surface area contributed by atoms with Gasteiger partial charge in [0.05, 0.1) is 0 Å². The largest absolute Gasteiger partial charge is 0.373 e. The fraction of sp³-hybridized carbons (Fsp3) is 0.310. The average molecular weight is 506 g/mol. The minimum absolute atomic E-state index is 0.0366. The van der Waals surface area contributed by atoms with Crippen molar-refractivity contribution >= 4 is 34.8 Å². The lowest BCUT2D eigenvalue weighted by molar-refractivity contribution is -0.127. The second-order valence-corrected chi connectivity index (χ2v) is 9.92. The predicted octanol–water partition coefficient (Wildman–Crippen LogP) is 6.04. The van der Waals surface area contributed by atoms with Crippen molar-refractivity contribution in [1.29, 1.82) is 0 Å². The second kappa shape index (κ2) is 10.7. The van der Waals surface area contributed by atoms with Crippen molar-refractivity contribution in [2.45, 2.75) is 56.7 Å². The minimum Gasteiger partial charge on any atom is -0.373 e. The van der Waals surface area contributed by atoms with Crippen LogP contribution in [-0.2, 0) is 16.0 Å². The molecular formula is C29H29ClFN3O2. The number of anilines is 2. The van der Waals surface area contributed by atoms with Crippen LogP contribution in [0.4, 0.5) is 15.8 Å². The number of amides is 2. The fourth-order valence-electron chi connectivity index (χ4n) is 5.27. The van der Waals surface area contributed by atoms with Crippen molar-refractivity contribution in [3.63, 3.8) is 0 Å². The van der Waals surface area contributed by atoms with E-state index < -0.39 is 17.9 Å². The van der Waals surface area contributed by atoms with E-state index in [4.69, 9.17) is 11.6 Å². The maximum absolute atomic E-state index is 14.4. The maximum atomic E-state index is 14.4. The van der Waals surface area contributed by atoms with Crippen molar-refractivity contribution in [2.75, 3.05) is 10.2 Å². The molecule has 1 aliphatic heterocycles. The highest BCUT2D eigenvalue weighted by atomic mass is 35.5. The molecular weight excluding hydrogens is 477 g/mol. The van der Waals surface area contributed by atoms with Gasteiger partial charge in [0.15, 0.2) is 0 Å². The molecule has 2 aliphatic rings. The van der Waals surface area contributed by atoms with Crippen molar-refractivity contribution in [3.05, 3.63) is 94.8 Å². The Hall–Kier alpha value is -3.38. The zero-order valence-corrected chi connectivity index (χ0v) is 20.7. The molecule has 0 aromatic heterocycles. The number of benzene rings is 3. The smallest absolute Gasteiger partial charge is 0.250 e. The lowest BCUT2D eigenvalue weighted by Gasteiger charge is -2.35. The van der Waals surface area contributed by atoms with Crippen molar-refractivity contribution < 1.29 is 14.0 Å². The predicted molar refractivity (Wildman–Crippen MR) is 141 cm³/mol. The third-order valence-electron chi connectivity index (χ3n) is 7.05. The van der Waals surface area contributed by atoms with Gasteiger partial charge in [0.2, 0.25) is 5.91 Å². The van der Waals surface area contributed by atoms with Gasteiger partial charge in [-0.2, -0.15) is 0 Å². The van der Waals surface area contributed by atoms with Crippen LogP contribution in [0.2, 0.25) is 5.02 Å². The first-order valence-electron chi connectivity index (χ1n) is 12.5. The fourth-order valence-corrected chi connectivity index (χ4v) is 5.50. The van der Waals surface area contributed by atoms with Crippen LogP contribution in [0.15, 0.2) is 72.8 Å². The van der Waals surface area contributed by atoms with Gasteiger partial charge in [-0.3, -0.25) is 14.5 Å². The van der Waals surface area contributed by atoms with E-state index in [0.717, 1.165) is 43.4 Å². The molecule has 1 aliphatic carbocycles. The molecule has 3 aromatic carbocycles. The molecule has 2 N–H and O–H groups in total. The molecule has 0 spiro atoms. The van der Waals surface area contributed by atoms with Crippen LogP contribution in [0, 0.1) is 5.82 Å². The molecule has 0 bridgehead atoms. The SMILES string of the molecule is O=C(NC1CCCCC1)[C@H](c1ccccc1Cl)N(C(=O)[C@@H]1Cc2ccccc2N1)c1cccc(F)c1.